The number of ether oxygens (including phenoxy) is 3. The number of fused-ring (bicyclic) bond motifs is 2. The summed E-state index contributed by atoms with van der Waals surface area (Å²) in [6.45, 7) is 1.89. The quantitative estimate of drug-likeness (QED) is 0.237. The molecule has 2 aliphatic heterocycles. The molecule has 6 atom stereocenters. The molecule has 0 spiro atoms. The van der Waals surface area contributed by atoms with Crippen molar-refractivity contribution in [3.8, 4) is 16.9 Å². The standard InChI is InChI=1S/C31H24ClF2N7O4S/c1-15-36-30(41(38-15)18-7-8-21-24(11-18)46-14-35-21)29-27(42)26(28-23(44-29)13-43-31(45-28)16-5-3-2-4-6-16)40-12-22(37-39-40)17-9-19(33)25(32)20(34)10-17/h2-12,14,23,26-29,31,42H,13H2,1H3/t23-,26-,27-,28+,29-,31+/m1/s1. The summed E-state index contributed by atoms with van der Waals surface area (Å²) >= 11 is 7.20. The highest BCUT2D eigenvalue weighted by molar-refractivity contribution is 7.16. The Labute approximate surface area is 269 Å². The lowest BCUT2D eigenvalue weighted by atomic mass is 9.91. The molecular weight excluding hydrogens is 640 g/mol. The number of aryl methyl sites for hydroxylation is 1. The molecule has 0 bridgehead atoms. The fourth-order valence-electron chi connectivity index (χ4n) is 5.95. The molecule has 46 heavy (non-hydrogen) atoms. The summed E-state index contributed by atoms with van der Waals surface area (Å²) in [7, 11) is 0. The zero-order valence-corrected chi connectivity index (χ0v) is 25.5. The van der Waals surface area contributed by atoms with Crippen LogP contribution in [0.1, 0.15) is 35.6 Å². The zero-order valence-electron chi connectivity index (χ0n) is 23.9. The number of aliphatic hydroxyl groups excluding tert-OH is 1. The third kappa shape index (κ3) is 5.07. The van der Waals surface area contributed by atoms with E-state index in [1.54, 1.807) is 17.1 Å². The van der Waals surface area contributed by atoms with Gasteiger partial charge in [-0.3, -0.25) is 0 Å². The molecular formula is C31H24ClF2N7O4S. The predicted octanol–water partition coefficient (Wildman–Crippen LogP) is 5.53. The number of hydrogen-bond acceptors (Lipinski definition) is 10. The average Bonchev–Trinajstić information content (AvgIpc) is 3.83. The maximum Gasteiger partial charge on any atom is 0.184 e. The van der Waals surface area contributed by atoms with Gasteiger partial charge in [-0.2, -0.15) is 5.10 Å². The van der Waals surface area contributed by atoms with Crippen molar-refractivity contribution < 1.29 is 28.1 Å². The van der Waals surface area contributed by atoms with Crippen molar-refractivity contribution in [2.45, 2.75) is 43.7 Å². The third-order valence-corrected chi connectivity index (χ3v) is 9.25. The number of halogens is 3. The fourth-order valence-corrected chi connectivity index (χ4v) is 6.77. The summed E-state index contributed by atoms with van der Waals surface area (Å²) in [6.07, 6.45) is -2.94. The lowest BCUT2D eigenvalue weighted by Crippen LogP contribution is -2.57. The molecule has 1 N–H and O–H groups in total. The first-order chi connectivity index (χ1) is 22.3. The van der Waals surface area contributed by atoms with Crippen LogP contribution >= 0.6 is 22.9 Å². The lowest BCUT2D eigenvalue weighted by Gasteiger charge is -2.47. The molecule has 2 aliphatic rings. The topological polar surface area (TPSA) is 122 Å². The monoisotopic (exact) mass is 663 g/mol. The van der Waals surface area contributed by atoms with Gasteiger partial charge in [0, 0.05) is 11.1 Å². The summed E-state index contributed by atoms with van der Waals surface area (Å²) in [5, 5.41) is 24.6. The minimum atomic E-state index is -1.28. The van der Waals surface area contributed by atoms with Gasteiger partial charge in [0.05, 0.1) is 34.2 Å². The van der Waals surface area contributed by atoms with Crippen LogP contribution in [-0.4, -0.2) is 64.8 Å². The normalized spacial score (nSPS) is 24.7. The van der Waals surface area contributed by atoms with E-state index in [1.807, 2.05) is 48.5 Å². The van der Waals surface area contributed by atoms with Gasteiger partial charge >= 0.3 is 0 Å². The van der Waals surface area contributed by atoms with Crippen molar-refractivity contribution in [1.82, 2.24) is 34.7 Å². The van der Waals surface area contributed by atoms with Crippen molar-refractivity contribution in [3.05, 3.63) is 106 Å². The predicted molar refractivity (Wildman–Crippen MR) is 162 cm³/mol. The molecule has 8 rings (SSSR count). The van der Waals surface area contributed by atoms with Gasteiger partial charge in [0.1, 0.15) is 58.6 Å². The SMILES string of the molecule is Cc1nc([C@@H]2O[C@@H]3CO[C@H](c4ccccc4)O[C@@H]3[C@H](n3cc(-c4cc(F)c(Cl)c(F)c4)nn3)[C@H]2O)n(-c2ccc3ncsc3c2)n1. The van der Waals surface area contributed by atoms with Crippen LogP contribution in [-0.2, 0) is 14.2 Å². The molecule has 0 radical (unpaired) electrons. The molecule has 15 heteroatoms. The van der Waals surface area contributed by atoms with E-state index >= 15 is 0 Å². The first-order valence-corrected chi connectivity index (χ1v) is 15.6. The summed E-state index contributed by atoms with van der Waals surface area (Å²) < 4.78 is 51.7. The van der Waals surface area contributed by atoms with Gasteiger partial charge in [-0.1, -0.05) is 47.1 Å². The minimum absolute atomic E-state index is 0.129. The Morgan fingerprint density at radius 3 is 2.65 bits per heavy atom. The van der Waals surface area contributed by atoms with Crippen LogP contribution in [0.15, 0.2) is 72.4 Å². The Balaban J connectivity index is 1.20. The molecule has 5 heterocycles. The van der Waals surface area contributed by atoms with Crippen molar-refractivity contribution in [3.63, 3.8) is 0 Å². The van der Waals surface area contributed by atoms with E-state index in [0.29, 0.717) is 11.6 Å². The van der Waals surface area contributed by atoms with Crippen molar-refractivity contribution >= 4 is 33.2 Å². The van der Waals surface area contributed by atoms with Crippen LogP contribution in [0.5, 0.6) is 0 Å². The van der Waals surface area contributed by atoms with E-state index in [9.17, 15) is 13.9 Å². The van der Waals surface area contributed by atoms with E-state index in [4.69, 9.17) is 25.8 Å². The molecule has 11 nitrogen and oxygen atoms in total. The Bertz CT molecular complexity index is 2030. The zero-order chi connectivity index (χ0) is 31.5. The number of aliphatic hydroxyl groups is 1. The van der Waals surface area contributed by atoms with Crippen LogP contribution in [0, 0.1) is 18.6 Å². The molecule has 2 saturated heterocycles. The second kappa shape index (κ2) is 11.6. The largest absolute Gasteiger partial charge is 0.388 e. The van der Waals surface area contributed by atoms with Gasteiger partial charge in [0.15, 0.2) is 12.1 Å². The second-order valence-electron chi connectivity index (χ2n) is 11.0. The fraction of sp³-hybridized carbons (Fsp3) is 0.258. The number of hydrogen-bond donors (Lipinski definition) is 1. The van der Waals surface area contributed by atoms with E-state index < -0.39 is 53.4 Å². The molecule has 0 amide bonds. The third-order valence-electron chi connectivity index (χ3n) is 8.10. The second-order valence-corrected chi connectivity index (χ2v) is 12.3. The Kier molecular flexibility index (Phi) is 7.35. The molecule has 0 unspecified atom stereocenters. The Morgan fingerprint density at radius 2 is 1.85 bits per heavy atom. The summed E-state index contributed by atoms with van der Waals surface area (Å²) in [6, 6.07) is 16.4. The van der Waals surface area contributed by atoms with E-state index in [1.165, 1.54) is 22.2 Å². The van der Waals surface area contributed by atoms with Crippen molar-refractivity contribution in [2.75, 3.05) is 6.61 Å². The number of thiazole rings is 1. The molecule has 3 aromatic carbocycles. The highest BCUT2D eigenvalue weighted by Crippen LogP contribution is 2.44. The van der Waals surface area contributed by atoms with E-state index in [0.717, 1.165) is 33.6 Å². The summed E-state index contributed by atoms with van der Waals surface area (Å²) in [5.41, 5.74) is 4.43. The molecule has 234 valence electrons. The molecule has 2 fully saturated rings. The first-order valence-electron chi connectivity index (χ1n) is 14.3. The summed E-state index contributed by atoms with van der Waals surface area (Å²) in [5.74, 6) is -1.02. The average molecular weight is 664 g/mol. The van der Waals surface area contributed by atoms with Gasteiger partial charge in [-0.05, 0) is 37.3 Å². The van der Waals surface area contributed by atoms with Gasteiger partial charge < -0.3 is 19.3 Å². The number of nitrogens with zero attached hydrogens (tertiary/aromatic N) is 7. The number of aromatic nitrogens is 7. The van der Waals surface area contributed by atoms with Gasteiger partial charge in [0.25, 0.3) is 0 Å². The molecule has 0 aliphatic carbocycles. The Hall–Kier alpha value is -4.18. The smallest absolute Gasteiger partial charge is 0.184 e. The maximum absolute atomic E-state index is 14.3. The lowest BCUT2D eigenvalue weighted by molar-refractivity contribution is -0.319. The number of benzene rings is 3. The van der Waals surface area contributed by atoms with Crippen molar-refractivity contribution in [2.24, 2.45) is 0 Å². The van der Waals surface area contributed by atoms with E-state index in [-0.39, 0.29) is 17.9 Å². The summed E-state index contributed by atoms with van der Waals surface area (Å²) in [4.78, 5) is 9.02. The van der Waals surface area contributed by atoms with Crippen LogP contribution < -0.4 is 0 Å². The highest BCUT2D eigenvalue weighted by atomic mass is 35.5. The minimum Gasteiger partial charge on any atom is -0.388 e. The van der Waals surface area contributed by atoms with Crippen molar-refractivity contribution in [1.29, 1.82) is 0 Å². The van der Waals surface area contributed by atoms with Crippen LogP contribution in [0.2, 0.25) is 5.02 Å². The first kappa shape index (κ1) is 29.2. The van der Waals surface area contributed by atoms with E-state index in [2.05, 4.69) is 25.4 Å². The number of rotatable bonds is 5. The van der Waals surface area contributed by atoms with Crippen LogP contribution in [0.25, 0.3) is 27.2 Å². The molecule has 0 saturated carbocycles. The van der Waals surface area contributed by atoms with Gasteiger partial charge in [-0.25, -0.2) is 28.1 Å². The highest BCUT2D eigenvalue weighted by Gasteiger charge is 2.52. The maximum atomic E-state index is 14.3. The molecule has 6 aromatic rings. The molecule has 3 aromatic heterocycles. The van der Waals surface area contributed by atoms with Crippen LogP contribution in [0.3, 0.4) is 0 Å². The Morgan fingerprint density at radius 1 is 1.04 bits per heavy atom. The van der Waals surface area contributed by atoms with Gasteiger partial charge in [-0.15, -0.1) is 16.4 Å². The van der Waals surface area contributed by atoms with Crippen LogP contribution in [0.4, 0.5) is 8.78 Å². The van der Waals surface area contributed by atoms with Gasteiger partial charge in [0.2, 0.25) is 0 Å².